The molecule has 5 heteroatoms. The van der Waals surface area contributed by atoms with E-state index in [1.807, 2.05) is 0 Å². The predicted molar refractivity (Wildman–Crippen MR) is 24.6 cm³/mol. The second-order valence-electron chi connectivity index (χ2n) is 1.06. The minimum Gasteiger partial charge on any atom is -0.367 e. The molecule has 1 aromatic rings. The Morgan fingerprint density at radius 1 is 1.71 bits per heavy atom. The lowest BCUT2D eigenvalue weighted by atomic mass is 11.1. The van der Waals surface area contributed by atoms with Crippen molar-refractivity contribution in [2.45, 2.75) is 0 Å². The van der Waals surface area contributed by atoms with Crippen LogP contribution in [0.5, 0.6) is 0 Å². The molecule has 0 bridgehead atoms. The van der Waals surface area contributed by atoms with E-state index in [1.54, 1.807) is 0 Å². The van der Waals surface area contributed by atoms with Crippen molar-refractivity contribution in [1.82, 2.24) is 14.9 Å². The van der Waals surface area contributed by atoms with E-state index in [2.05, 4.69) is 10.1 Å². The molecule has 0 amide bonds. The van der Waals surface area contributed by atoms with Gasteiger partial charge in [0.2, 0.25) is 5.95 Å². The highest BCUT2D eigenvalue weighted by Gasteiger charge is 1.87. The van der Waals surface area contributed by atoms with Crippen LogP contribution in [0, 0.1) is 0 Å². The maximum absolute atomic E-state index is 5.10. The Labute approximate surface area is 39.9 Å². The number of hydrogen-bond acceptors (Lipinski definition) is 4. The van der Waals surface area contributed by atoms with Crippen molar-refractivity contribution in [2.75, 3.05) is 11.6 Å². The van der Waals surface area contributed by atoms with Crippen LogP contribution in [0.1, 0.15) is 0 Å². The normalized spacial score (nSPS) is 9.14. The molecule has 7 heavy (non-hydrogen) atoms. The monoisotopic (exact) mass is 99.1 g/mol. The zero-order valence-corrected chi connectivity index (χ0v) is 3.57. The lowest BCUT2D eigenvalue weighted by Gasteiger charge is -1.85. The molecule has 0 saturated carbocycles. The molecule has 0 aromatic carbocycles. The highest BCUT2D eigenvalue weighted by atomic mass is 15.5. The molecular formula is C2H5N5. The van der Waals surface area contributed by atoms with Crippen LogP contribution in [0.4, 0.5) is 5.95 Å². The third-order valence-corrected chi connectivity index (χ3v) is 0.601. The van der Waals surface area contributed by atoms with Gasteiger partial charge in [-0.25, -0.2) is 0 Å². The van der Waals surface area contributed by atoms with Gasteiger partial charge in [0.1, 0.15) is 6.33 Å². The molecular weight excluding hydrogens is 94.1 g/mol. The molecule has 0 radical (unpaired) electrons. The number of nitrogens with zero attached hydrogens (tertiary/aromatic N) is 3. The molecule has 38 valence electrons. The van der Waals surface area contributed by atoms with Gasteiger partial charge >= 0.3 is 0 Å². The van der Waals surface area contributed by atoms with Gasteiger partial charge in [-0.2, -0.15) is 4.98 Å². The molecule has 1 aromatic heterocycles. The van der Waals surface area contributed by atoms with Gasteiger partial charge in [-0.1, -0.05) is 0 Å². The van der Waals surface area contributed by atoms with Crippen LogP contribution in [-0.4, -0.2) is 14.9 Å². The van der Waals surface area contributed by atoms with Crippen LogP contribution in [0.25, 0.3) is 0 Å². The molecule has 0 spiro atoms. The van der Waals surface area contributed by atoms with Gasteiger partial charge in [0.25, 0.3) is 0 Å². The summed E-state index contributed by atoms with van der Waals surface area (Å²) in [6, 6.07) is 0. The quantitative estimate of drug-likeness (QED) is 0.391. The highest BCUT2D eigenvalue weighted by Crippen LogP contribution is 1.82. The van der Waals surface area contributed by atoms with E-state index in [9.17, 15) is 0 Å². The van der Waals surface area contributed by atoms with Gasteiger partial charge in [0.15, 0.2) is 0 Å². The zero-order chi connectivity index (χ0) is 5.28. The topological polar surface area (TPSA) is 82.8 Å². The van der Waals surface area contributed by atoms with Crippen molar-refractivity contribution < 1.29 is 0 Å². The minimum absolute atomic E-state index is 0.222. The number of nitrogen functional groups attached to an aromatic ring is 2. The largest absolute Gasteiger partial charge is 0.367 e. The summed E-state index contributed by atoms with van der Waals surface area (Å²) in [6.07, 6.45) is 1.29. The average molecular weight is 99.1 g/mol. The van der Waals surface area contributed by atoms with Crippen molar-refractivity contribution in [2.24, 2.45) is 0 Å². The van der Waals surface area contributed by atoms with Gasteiger partial charge in [0.05, 0.1) is 0 Å². The summed E-state index contributed by atoms with van der Waals surface area (Å²) in [5, 5.41) is 3.47. The SMILES string of the molecule is Nc1ncnn1N. The maximum Gasteiger partial charge on any atom is 0.238 e. The van der Waals surface area contributed by atoms with E-state index in [-0.39, 0.29) is 5.95 Å². The Balaban J connectivity index is 3.12. The van der Waals surface area contributed by atoms with E-state index < -0.39 is 0 Å². The summed E-state index contributed by atoms with van der Waals surface area (Å²) in [6.45, 7) is 0. The first-order valence-corrected chi connectivity index (χ1v) is 1.71. The molecule has 5 nitrogen and oxygen atoms in total. The van der Waals surface area contributed by atoms with E-state index in [0.29, 0.717) is 0 Å². The molecule has 1 heterocycles. The van der Waals surface area contributed by atoms with Gasteiger partial charge < -0.3 is 11.6 Å². The van der Waals surface area contributed by atoms with Crippen molar-refractivity contribution in [3.05, 3.63) is 6.33 Å². The first kappa shape index (κ1) is 3.91. The standard InChI is InChI=1S/C2H5N5/c3-2-5-1-6-7(2)4/h1H,4H2,(H2,3,5,6). The molecule has 4 N–H and O–H groups in total. The molecule has 0 saturated heterocycles. The summed E-state index contributed by atoms with van der Waals surface area (Å²) in [5.41, 5.74) is 5.10. The third-order valence-electron chi connectivity index (χ3n) is 0.601. The van der Waals surface area contributed by atoms with E-state index in [0.717, 1.165) is 4.79 Å². The van der Waals surface area contributed by atoms with Crippen molar-refractivity contribution >= 4 is 5.95 Å². The Morgan fingerprint density at radius 3 is 2.57 bits per heavy atom. The first-order valence-electron chi connectivity index (χ1n) is 1.71. The van der Waals surface area contributed by atoms with Crippen molar-refractivity contribution in [3.63, 3.8) is 0 Å². The van der Waals surface area contributed by atoms with Crippen LogP contribution in [0.2, 0.25) is 0 Å². The fraction of sp³-hybridized carbons (Fsp3) is 0. The van der Waals surface area contributed by atoms with Gasteiger partial charge in [0, 0.05) is 0 Å². The van der Waals surface area contributed by atoms with Gasteiger partial charge in [-0.3, -0.25) is 0 Å². The fourth-order valence-corrected chi connectivity index (χ4v) is 0.259. The molecule has 0 unspecified atom stereocenters. The summed E-state index contributed by atoms with van der Waals surface area (Å²) >= 11 is 0. The summed E-state index contributed by atoms with van der Waals surface area (Å²) in [5.74, 6) is 5.28. The minimum atomic E-state index is 0.222. The third kappa shape index (κ3) is 0.466. The Kier molecular flexibility index (Phi) is 0.619. The van der Waals surface area contributed by atoms with Crippen LogP contribution in [-0.2, 0) is 0 Å². The fourth-order valence-electron chi connectivity index (χ4n) is 0.259. The first-order chi connectivity index (χ1) is 3.30. The Hall–Kier alpha value is -1.26. The zero-order valence-electron chi connectivity index (χ0n) is 3.57. The molecule has 1 rings (SSSR count). The Bertz CT molecular complexity index is 138. The number of nitrogens with two attached hydrogens (primary N) is 2. The number of anilines is 1. The average Bonchev–Trinajstić information content (AvgIpc) is 1.91. The van der Waals surface area contributed by atoms with Gasteiger partial charge in [-0.05, 0) is 0 Å². The second-order valence-corrected chi connectivity index (χ2v) is 1.06. The summed E-state index contributed by atoms with van der Waals surface area (Å²) in [7, 11) is 0. The summed E-state index contributed by atoms with van der Waals surface area (Å²) in [4.78, 5) is 4.52. The predicted octanol–water partition coefficient (Wildman–Crippen LogP) is -1.43. The lowest BCUT2D eigenvalue weighted by molar-refractivity contribution is 0.842. The van der Waals surface area contributed by atoms with Crippen LogP contribution >= 0.6 is 0 Å². The smallest absolute Gasteiger partial charge is 0.238 e. The molecule has 0 fully saturated rings. The highest BCUT2D eigenvalue weighted by molar-refractivity contribution is 5.11. The number of hydrogen-bond donors (Lipinski definition) is 2. The molecule has 0 aliphatic heterocycles. The maximum atomic E-state index is 5.10. The molecule has 0 atom stereocenters. The van der Waals surface area contributed by atoms with Crippen LogP contribution < -0.4 is 11.6 Å². The number of rotatable bonds is 0. The Morgan fingerprint density at radius 2 is 2.43 bits per heavy atom. The van der Waals surface area contributed by atoms with E-state index >= 15 is 0 Å². The van der Waals surface area contributed by atoms with E-state index in [1.165, 1.54) is 6.33 Å². The molecule has 0 aliphatic carbocycles. The number of aromatic nitrogens is 3. The summed E-state index contributed by atoms with van der Waals surface area (Å²) < 4.78 is 0. The second kappa shape index (κ2) is 1.11. The van der Waals surface area contributed by atoms with E-state index in [4.69, 9.17) is 11.6 Å². The van der Waals surface area contributed by atoms with Crippen LogP contribution in [0.3, 0.4) is 0 Å². The lowest BCUT2D eigenvalue weighted by Crippen LogP contribution is -2.13. The van der Waals surface area contributed by atoms with Crippen molar-refractivity contribution in [3.8, 4) is 0 Å². The molecule has 0 aliphatic rings. The van der Waals surface area contributed by atoms with Gasteiger partial charge in [-0.15, -0.1) is 9.89 Å². The van der Waals surface area contributed by atoms with Crippen LogP contribution in [0.15, 0.2) is 6.33 Å². The van der Waals surface area contributed by atoms with Crippen molar-refractivity contribution in [1.29, 1.82) is 0 Å².